The molecule has 1 aliphatic heterocycles. The molecule has 1 atom stereocenters. The number of carbonyl (C=O) groups excluding carboxylic acids is 1. The van der Waals surface area contributed by atoms with E-state index in [4.69, 9.17) is 4.74 Å². The van der Waals surface area contributed by atoms with Crippen LogP contribution in [-0.4, -0.2) is 34.7 Å². The van der Waals surface area contributed by atoms with Crippen molar-refractivity contribution in [2.24, 2.45) is 5.41 Å². The van der Waals surface area contributed by atoms with E-state index in [0.717, 1.165) is 44.0 Å². The highest BCUT2D eigenvalue weighted by Crippen LogP contribution is 2.53. The molecule has 3 rings (SSSR count). The number of amides is 1. The Morgan fingerprint density at radius 1 is 1.53 bits per heavy atom. The smallest absolute Gasteiger partial charge is 0.265 e. The molecular formula is C11H15N3O2S. The lowest BCUT2D eigenvalue weighted by Gasteiger charge is -2.22. The standard InChI is InChI=1S/C11H15N3O2S/c1-7-9(17-14-13-7)10(15)12-8-6-11(8)2-4-16-5-3-11/h8H,2-6H2,1H3,(H,12,15). The van der Waals surface area contributed by atoms with Gasteiger partial charge in [-0.3, -0.25) is 4.79 Å². The van der Waals surface area contributed by atoms with Gasteiger partial charge < -0.3 is 10.1 Å². The first-order valence-corrected chi connectivity index (χ1v) is 6.66. The summed E-state index contributed by atoms with van der Waals surface area (Å²) in [4.78, 5) is 12.6. The molecule has 1 aromatic heterocycles. The van der Waals surface area contributed by atoms with Gasteiger partial charge in [0.25, 0.3) is 5.91 Å². The van der Waals surface area contributed by atoms with Crippen LogP contribution in [0.1, 0.15) is 34.6 Å². The van der Waals surface area contributed by atoms with Crippen molar-refractivity contribution in [1.82, 2.24) is 14.9 Å². The minimum absolute atomic E-state index is 0.0223. The maximum absolute atomic E-state index is 12.0. The molecule has 1 unspecified atom stereocenters. The quantitative estimate of drug-likeness (QED) is 0.858. The lowest BCUT2D eigenvalue weighted by atomic mass is 9.96. The molecule has 0 aromatic carbocycles. The van der Waals surface area contributed by atoms with Gasteiger partial charge in [-0.05, 0) is 43.1 Å². The monoisotopic (exact) mass is 253 g/mol. The predicted octanol–water partition coefficient (Wildman–Crippen LogP) is 1.15. The molecule has 17 heavy (non-hydrogen) atoms. The Kier molecular flexibility index (Phi) is 2.63. The molecule has 1 aromatic rings. The number of aromatic nitrogens is 2. The second kappa shape index (κ2) is 4.03. The van der Waals surface area contributed by atoms with Crippen molar-refractivity contribution >= 4 is 17.4 Å². The normalized spacial score (nSPS) is 25.8. The van der Waals surface area contributed by atoms with E-state index in [2.05, 4.69) is 14.9 Å². The van der Waals surface area contributed by atoms with E-state index in [-0.39, 0.29) is 5.91 Å². The number of nitrogens with zero attached hydrogens (tertiary/aromatic N) is 2. The summed E-state index contributed by atoms with van der Waals surface area (Å²) in [7, 11) is 0. The van der Waals surface area contributed by atoms with Gasteiger partial charge in [0.1, 0.15) is 4.88 Å². The molecule has 1 spiro atoms. The Labute approximate surface area is 104 Å². The molecule has 92 valence electrons. The van der Waals surface area contributed by atoms with E-state index in [1.807, 2.05) is 6.92 Å². The number of hydrogen-bond donors (Lipinski definition) is 1. The highest BCUT2D eigenvalue weighted by Gasteiger charge is 2.55. The van der Waals surface area contributed by atoms with Crippen molar-refractivity contribution in [3.05, 3.63) is 10.6 Å². The topological polar surface area (TPSA) is 64.1 Å². The van der Waals surface area contributed by atoms with Crippen molar-refractivity contribution in [2.75, 3.05) is 13.2 Å². The van der Waals surface area contributed by atoms with Gasteiger partial charge in [-0.1, -0.05) is 4.49 Å². The molecule has 1 aliphatic carbocycles. The van der Waals surface area contributed by atoms with Gasteiger partial charge in [0.2, 0.25) is 0 Å². The fourth-order valence-corrected chi connectivity index (χ4v) is 3.11. The summed E-state index contributed by atoms with van der Waals surface area (Å²) in [6.07, 6.45) is 3.23. The molecule has 1 amide bonds. The first-order valence-electron chi connectivity index (χ1n) is 5.89. The number of carbonyl (C=O) groups is 1. The lowest BCUT2D eigenvalue weighted by molar-refractivity contribution is 0.0535. The minimum Gasteiger partial charge on any atom is -0.381 e. The van der Waals surface area contributed by atoms with E-state index in [0.29, 0.717) is 22.0 Å². The molecule has 2 heterocycles. The first kappa shape index (κ1) is 11.1. The van der Waals surface area contributed by atoms with Crippen LogP contribution in [-0.2, 0) is 4.74 Å². The van der Waals surface area contributed by atoms with Crippen LogP contribution < -0.4 is 5.32 Å². The molecule has 0 bridgehead atoms. The van der Waals surface area contributed by atoms with Crippen LogP contribution in [0.25, 0.3) is 0 Å². The zero-order chi connectivity index (χ0) is 11.9. The van der Waals surface area contributed by atoms with Crippen molar-refractivity contribution < 1.29 is 9.53 Å². The first-order chi connectivity index (χ1) is 8.21. The Balaban J connectivity index is 1.62. The molecular weight excluding hydrogens is 238 g/mol. The number of nitrogens with one attached hydrogen (secondary N) is 1. The summed E-state index contributed by atoms with van der Waals surface area (Å²) in [5, 5.41) is 6.95. The van der Waals surface area contributed by atoms with Gasteiger partial charge >= 0.3 is 0 Å². The summed E-state index contributed by atoms with van der Waals surface area (Å²) in [6.45, 7) is 3.47. The highest BCUT2D eigenvalue weighted by atomic mass is 32.1. The van der Waals surface area contributed by atoms with Gasteiger partial charge in [-0.2, -0.15) is 0 Å². The van der Waals surface area contributed by atoms with E-state index < -0.39 is 0 Å². The van der Waals surface area contributed by atoms with Crippen molar-refractivity contribution in [3.63, 3.8) is 0 Å². The summed E-state index contributed by atoms with van der Waals surface area (Å²) in [5.41, 5.74) is 1.04. The zero-order valence-electron chi connectivity index (χ0n) is 9.73. The van der Waals surface area contributed by atoms with Crippen LogP contribution in [0.3, 0.4) is 0 Å². The van der Waals surface area contributed by atoms with Crippen LogP contribution in [0.2, 0.25) is 0 Å². The second-order valence-electron chi connectivity index (χ2n) is 4.89. The number of ether oxygens (including phenoxy) is 1. The summed E-state index contributed by atoms with van der Waals surface area (Å²) in [5.74, 6) is -0.0223. The van der Waals surface area contributed by atoms with E-state index in [1.165, 1.54) is 0 Å². The Bertz CT molecular complexity index is 440. The maximum atomic E-state index is 12.0. The third-order valence-electron chi connectivity index (χ3n) is 3.84. The molecule has 6 heteroatoms. The molecule has 5 nitrogen and oxygen atoms in total. The Morgan fingerprint density at radius 2 is 2.29 bits per heavy atom. The Morgan fingerprint density at radius 3 is 2.94 bits per heavy atom. The van der Waals surface area contributed by atoms with Crippen LogP contribution >= 0.6 is 11.5 Å². The van der Waals surface area contributed by atoms with Gasteiger partial charge in [-0.15, -0.1) is 5.10 Å². The van der Waals surface area contributed by atoms with E-state index >= 15 is 0 Å². The third-order valence-corrected chi connectivity index (χ3v) is 4.67. The maximum Gasteiger partial charge on any atom is 0.265 e. The van der Waals surface area contributed by atoms with E-state index in [9.17, 15) is 4.79 Å². The largest absolute Gasteiger partial charge is 0.381 e. The average Bonchev–Trinajstić information content (AvgIpc) is 2.77. The van der Waals surface area contributed by atoms with Crippen molar-refractivity contribution in [3.8, 4) is 0 Å². The lowest BCUT2D eigenvalue weighted by Crippen LogP contribution is -2.32. The summed E-state index contributed by atoms with van der Waals surface area (Å²) >= 11 is 1.16. The van der Waals surface area contributed by atoms with Crippen molar-refractivity contribution in [2.45, 2.75) is 32.2 Å². The average molecular weight is 253 g/mol. The van der Waals surface area contributed by atoms with Gasteiger partial charge in [0.15, 0.2) is 0 Å². The fraction of sp³-hybridized carbons (Fsp3) is 0.727. The van der Waals surface area contributed by atoms with Crippen LogP contribution in [0, 0.1) is 12.3 Å². The second-order valence-corrected chi connectivity index (χ2v) is 5.65. The Hall–Kier alpha value is -1.01. The number of rotatable bonds is 2. The minimum atomic E-state index is -0.0223. The number of aryl methyl sites for hydroxylation is 1. The van der Waals surface area contributed by atoms with Crippen LogP contribution in [0.15, 0.2) is 0 Å². The number of hydrogen-bond acceptors (Lipinski definition) is 5. The SMILES string of the molecule is Cc1nnsc1C(=O)NC1CC12CCOCC2. The molecule has 0 radical (unpaired) electrons. The van der Waals surface area contributed by atoms with Gasteiger partial charge in [0.05, 0.1) is 5.69 Å². The third kappa shape index (κ3) is 1.95. The van der Waals surface area contributed by atoms with Gasteiger partial charge in [-0.25, -0.2) is 0 Å². The molecule has 1 saturated heterocycles. The molecule has 2 aliphatic rings. The molecule has 2 fully saturated rings. The van der Waals surface area contributed by atoms with Crippen LogP contribution in [0.5, 0.6) is 0 Å². The molecule has 1 saturated carbocycles. The molecule has 1 N–H and O–H groups in total. The van der Waals surface area contributed by atoms with E-state index in [1.54, 1.807) is 0 Å². The van der Waals surface area contributed by atoms with Crippen LogP contribution in [0.4, 0.5) is 0 Å². The summed E-state index contributed by atoms with van der Waals surface area (Å²) in [6, 6.07) is 0.320. The zero-order valence-corrected chi connectivity index (χ0v) is 10.5. The predicted molar refractivity (Wildman–Crippen MR) is 63.0 cm³/mol. The fourth-order valence-electron chi connectivity index (χ4n) is 2.55. The van der Waals surface area contributed by atoms with Gasteiger partial charge in [0, 0.05) is 19.3 Å². The van der Waals surface area contributed by atoms with Crippen molar-refractivity contribution in [1.29, 1.82) is 0 Å². The summed E-state index contributed by atoms with van der Waals surface area (Å²) < 4.78 is 9.14. The highest BCUT2D eigenvalue weighted by molar-refractivity contribution is 7.08.